The molecule has 1 atom stereocenters. The number of ether oxygens (including phenoxy) is 2. The summed E-state index contributed by atoms with van der Waals surface area (Å²) in [5, 5.41) is 4.77. The number of ketones is 1. The lowest BCUT2D eigenvalue weighted by Crippen LogP contribution is -2.52. The Kier molecular flexibility index (Phi) is 9.13. The summed E-state index contributed by atoms with van der Waals surface area (Å²) < 4.78 is 12.4. The molecule has 3 aromatic carbocycles. The molecular weight excluding hydrogens is 726 g/mol. The molecular formula is C41H40ClN5O6S. The molecule has 0 spiro atoms. The van der Waals surface area contributed by atoms with Crippen LogP contribution in [0.4, 0.5) is 15.3 Å². The van der Waals surface area contributed by atoms with Crippen molar-refractivity contribution in [3.8, 4) is 5.75 Å². The number of benzene rings is 3. The second-order valence-corrected chi connectivity index (χ2v) is 16.2. The molecule has 54 heavy (non-hydrogen) atoms. The van der Waals surface area contributed by atoms with E-state index in [0.717, 1.165) is 48.6 Å². The van der Waals surface area contributed by atoms with Gasteiger partial charge < -0.3 is 34.1 Å². The van der Waals surface area contributed by atoms with Gasteiger partial charge in [-0.3, -0.25) is 9.59 Å². The standard InChI is InChI=1S/C41H40ClN5O6S/c1-23-22-54-37-34(52-39(50)45-11-13-46(14-12-45)40(51)53-41(2,3)4)19-32-36(35(23)37)27(20-42)21-47(32)38(49)31-18-26-15-24(9-10-29(26)44-31)16-33(48)30-17-25-7-5-6-8-28(25)43-30/h5-10,15,17-19,22,27,43-44H,11-14,16,20-21H2,1-4H3/t27-/m1/s1. The molecule has 0 radical (unpaired) electrons. The maximum Gasteiger partial charge on any atom is 0.415 e. The fourth-order valence-electron chi connectivity index (χ4n) is 7.41. The Labute approximate surface area is 320 Å². The van der Waals surface area contributed by atoms with Crippen molar-refractivity contribution in [3.63, 3.8) is 0 Å². The molecule has 11 nitrogen and oxygen atoms in total. The van der Waals surface area contributed by atoms with Crippen molar-refractivity contribution < 1.29 is 28.7 Å². The molecule has 1 fully saturated rings. The highest BCUT2D eigenvalue weighted by molar-refractivity contribution is 7.17. The van der Waals surface area contributed by atoms with Gasteiger partial charge in [0.1, 0.15) is 11.3 Å². The van der Waals surface area contributed by atoms with Crippen LogP contribution in [0.25, 0.3) is 31.9 Å². The summed E-state index contributed by atoms with van der Waals surface area (Å²) in [7, 11) is 0. The minimum atomic E-state index is -0.610. The third-order valence-corrected chi connectivity index (χ3v) is 11.5. The van der Waals surface area contributed by atoms with Crippen LogP contribution in [-0.2, 0) is 11.2 Å². The van der Waals surface area contributed by atoms with Gasteiger partial charge in [0.15, 0.2) is 11.5 Å². The van der Waals surface area contributed by atoms with Crippen LogP contribution in [0.2, 0.25) is 0 Å². The number of anilines is 1. The van der Waals surface area contributed by atoms with Crippen molar-refractivity contribution in [3.05, 3.63) is 94.1 Å². The first-order valence-corrected chi connectivity index (χ1v) is 19.4. The number of amides is 3. The molecule has 0 bridgehead atoms. The van der Waals surface area contributed by atoms with Gasteiger partial charge in [0, 0.05) is 84.2 Å². The first-order chi connectivity index (χ1) is 25.9. The predicted octanol–water partition coefficient (Wildman–Crippen LogP) is 8.63. The summed E-state index contributed by atoms with van der Waals surface area (Å²) in [6, 6.07) is 19.0. The number of halogens is 1. The summed E-state index contributed by atoms with van der Waals surface area (Å²) in [6.45, 7) is 9.09. The molecule has 13 heteroatoms. The number of carbonyl (C=O) groups excluding carboxylic acids is 4. The van der Waals surface area contributed by atoms with Crippen molar-refractivity contribution >= 4 is 84.4 Å². The van der Waals surface area contributed by atoms with E-state index in [0.29, 0.717) is 61.4 Å². The summed E-state index contributed by atoms with van der Waals surface area (Å²) in [4.78, 5) is 65.0. The van der Waals surface area contributed by atoms with Gasteiger partial charge in [0.05, 0.1) is 16.1 Å². The van der Waals surface area contributed by atoms with Crippen molar-refractivity contribution in [1.29, 1.82) is 0 Å². The molecule has 2 aliphatic heterocycles. The fourth-order valence-corrected chi connectivity index (χ4v) is 8.68. The largest absolute Gasteiger partial charge is 0.444 e. The highest BCUT2D eigenvalue weighted by Crippen LogP contribution is 2.49. The zero-order valence-corrected chi connectivity index (χ0v) is 32.0. The van der Waals surface area contributed by atoms with E-state index >= 15 is 0 Å². The number of hydrogen-bond acceptors (Lipinski definition) is 7. The van der Waals surface area contributed by atoms with Crippen molar-refractivity contribution in [2.45, 2.75) is 45.6 Å². The number of aromatic amines is 2. The van der Waals surface area contributed by atoms with Gasteiger partial charge in [0.25, 0.3) is 5.91 Å². The number of fused-ring (bicyclic) bond motifs is 5. The van der Waals surface area contributed by atoms with E-state index in [2.05, 4.69) is 9.97 Å². The quantitative estimate of drug-likeness (QED) is 0.129. The zero-order chi connectivity index (χ0) is 37.9. The lowest BCUT2D eigenvalue weighted by atomic mass is 9.97. The molecule has 5 heterocycles. The second kappa shape index (κ2) is 13.8. The molecule has 2 aliphatic rings. The van der Waals surface area contributed by atoms with E-state index in [-0.39, 0.29) is 24.0 Å². The van der Waals surface area contributed by atoms with Crippen molar-refractivity contribution in [2.24, 2.45) is 0 Å². The SMILES string of the molecule is Cc1csc2c(OC(=O)N3CCN(C(=O)OC(C)(C)C)CC3)cc3c(c12)[C@H](CCl)CN3C(=O)c1cc2cc(CC(=O)c3cc4ccccc4[nH]3)ccc2[nH]1. The number of aryl methyl sites for hydroxylation is 1. The Morgan fingerprint density at radius 1 is 0.870 bits per heavy atom. The number of nitrogens with one attached hydrogen (secondary N) is 2. The molecule has 0 unspecified atom stereocenters. The molecule has 278 valence electrons. The summed E-state index contributed by atoms with van der Waals surface area (Å²) in [5.41, 5.74) is 5.51. The minimum Gasteiger partial charge on any atom is -0.444 e. The Morgan fingerprint density at radius 2 is 1.56 bits per heavy atom. The molecule has 8 rings (SSSR count). The van der Waals surface area contributed by atoms with E-state index in [1.54, 1.807) is 20.8 Å². The Hall–Kier alpha value is -5.33. The number of nitrogens with zero attached hydrogens (tertiary/aromatic N) is 3. The van der Waals surface area contributed by atoms with E-state index in [4.69, 9.17) is 21.1 Å². The average Bonchev–Trinajstić information content (AvgIpc) is 3.94. The number of alkyl halides is 1. The van der Waals surface area contributed by atoms with Crippen LogP contribution in [0.3, 0.4) is 0 Å². The molecule has 2 N–H and O–H groups in total. The van der Waals surface area contributed by atoms with Crippen LogP contribution in [0.5, 0.6) is 5.75 Å². The first-order valence-electron chi connectivity index (χ1n) is 18.0. The number of Topliss-reactive ketones (excluding diaryl/α,β-unsaturated/α-hetero) is 1. The lowest BCUT2D eigenvalue weighted by Gasteiger charge is -2.35. The normalized spacial score (nSPS) is 16.0. The van der Waals surface area contributed by atoms with Gasteiger partial charge in [0.2, 0.25) is 0 Å². The van der Waals surface area contributed by atoms with Crippen LogP contribution in [0.15, 0.2) is 66.0 Å². The molecule has 6 aromatic rings. The third-order valence-electron chi connectivity index (χ3n) is 10.0. The van der Waals surface area contributed by atoms with E-state index < -0.39 is 17.8 Å². The zero-order valence-electron chi connectivity index (χ0n) is 30.5. The third kappa shape index (κ3) is 6.68. The van der Waals surface area contributed by atoms with E-state index in [1.807, 2.05) is 87.7 Å². The smallest absolute Gasteiger partial charge is 0.415 e. The van der Waals surface area contributed by atoms with Gasteiger partial charge in [-0.25, -0.2) is 9.59 Å². The maximum absolute atomic E-state index is 14.3. The number of hydrogen-bond donors (Lipinski definition) is 2. The number of H-pyrrole nitrogens is 2. The Bertz CT molecular complexity index is 2440. The van der Waals surface area contributed by atoms with Crippen LogP contribution < -0.4 is 9.64 Å². The molecule has 3 amide bonds. The van der Waals surface area contributed by atoms with Crippen molar-refractivity contribution in [1.82, 2.24) is 19.8 Å². The number of aromatic nitrogens is 2. The molecule has 0 aliphatic carbocycles. The molecule has 1 saturated heterocycles. The summed E-state index contributed by atoms with van der Waals surface area (Å²) in [5.74, 6) is 0.295. The van der Waals surface area contributed by atoms with Gasteiger partial charge >= 0.3 is 12.2 Å². The van der Waals surface area contributed by atoms with Crippen LogP contribution >= 0.6 is 22.9 Å². The maximum atomic E-state index is 14.3. The van der Waals surface area contributed by atoms with Gasteiger partial charge in [-0.05, 0) is 80.1 Å². The lowest BCUT2D eigenvalue weighted by molar-refractivity contribution is 0.0154. The Morgan fingerprint density at radius 3 is 2.28 bits per heavy atom. The highest BCUT2D eigenvalue weighted by atomic mass is 35.5. The topological polar surface area (TPSA) is 128 Å². The fraction of sp³-hybridized carbons (Fsp3) is 0.317. The number of thiophene rings is 1. The monoisotopic (exact) mass is 765 g/mol. The number of rotatable bonds is 6. The minimum absolute atomic E-state index is 0.0206. The van der Waals surface area contributed by atoms with E-state index in [1.165, 1.54) is 11.3 Å². The van der Waals surface area contributed by atoms with Crippen molar-refractivity contribution in [2.75, 3.05) is 43.5 Å². The number of para-hydroxylation sites is 1. The Balaban J connectivity index is 1.03. The summed E-state index contributed by atoms with van der Waals surface area (Å²) >= 11 is 8.04. The summed E-state index contributed by atoms with van der Waals surface area (Å²) in [6.07, 6.45) is -0.717. The molecule has 0 saturated carbocycles. The van der Waals surface area contributed by atoms with Crippen LogP contribution in [0.1, 0.15) is 64.4 Å². The second-order valence-electron chi connectivity index (χ2n) is 15.0. The van der Waals surface area contributed by atoms with Gasteiger partial charge in [-0.2, -0.15) is 0 Å². The number of piperazine rings is 1. The van der Waals surface area contributed by atoms with Gasteiger partial charge in [-0.15, -0.1) is 22.9 Å². The molecule has 3 aromatic heterocycles. The van der Waals surface area contributed by atoms with Crippen LogP contribution in [-0.4, -0.2) is 87.8 Å². The highest BCUT2D eigenvalue weighted by Gasteiger charge is 2.37. The van der Waals surface area contributed by atoms with Gasteiger partial charge in [-0.1, -0.05) is 24.3 Å². The first kappa shape index (κ1) is 35.7. The van der Waals surface area contributed by atoms with E-state index in [9.17, 15) is 19.2 Å². The van der Waals surface area contributed by atoms with Crippen LogP contribution in [0, 0.1) is 6.92 Å². The number of carbonyl (C=O) groups is 4. The average molecular weight is 766 g/mol. The predicted molar refractivity (Wildman–Crippen MR) is 212 cm³/mol.